The molecule has 1 spiro atoms. The predicted molar refractivity (Wildman–Crippen MR) is 88.8 cm³/mol. The topological polar surface area (TPSA) is 67.9 Å². The van der Waals surface area contributed by atoms with Gasteiger partial charge in [0.05, 0.1) is 13.2 Å². The fourth-order valence-corrected chi connectivity index (χ4v) is 3.29. The first kappa shape index (κ1) is 16.6. The van der Waals surface area contributed by atoms with E-state index in [1.807, 2.05) is 35.2 Å². The van der Waals surface area contributed by atoms with E-state index >= 15 is 0 Å². The van der Waals surface area contributed by atoms with E-state index in [1.54, 1.807) is 0 Å². The van der Waals surface area contributed by atoms with Crippen LogP contribution in [0.1, 0.15) is 32.1 Å². The van der Waals surface area contributed by atoms with Gasteiger partial charge in [-0.05, 0) is 31.4 Å². The third-order valence-corrected chi connectivity index (χ3v) is 4.66. The van der Waals surface area contributed by atoms with Gasteiger partial charge in [-0.15, -0.1) is 0 Å². The van der Waals surface area contributed by atoms with Crippen molar-refractivity contribution in [1.82, 2.24) is 10.2 Å². The summed E-state index contributed by atoms with van der Waals surface area (Å²) in [5, 5.41) is 2.73. The van der Waals surface area contributed by atoms with Gasteiger partial charge in [-0.2, -0.15) is 0 Å². The molecule has 0 unspecified atom stereocenters. The molecule has 6 heteroatoms. The highest BCUT2D eigenvalue weighted by atomic mass is 16.6. The van der Waals surface area contributed by atoms with Crippen molar-refractivity contribution in [1.29, 1.82) is 0 Å². The highest BCUT2D eigenvalue weighted by molar-refractivity contribution is 5.76. The van der Waals surface area contributed by atoms with E-state index in [0.717, 1.165) is 25.1 Å². The summed E-state index contributed by atoms with van der Waals surface area (Å²) < 4.78 is 11.1. The van der Waals surface area contributed by atoms with Crippen molar-refractivity contribution in [3.63, 3.8) is 0 Å². The molecule has 0 aromatic heterocycles. The van der Waals surface area contributed by atoms with Crippen molar-refractivity contribution < 1.29 is 19.1 Å². The molecule has 1 aromatic carbocycles. The Hall–Kier alpha value is -2.24. The Balaban J connectivity index is 1.40. The molecule has 2 aliphatic heterocycles. The Bertz CT molecular complexity index is 578. The van der Waals surface area contributed by atoms with Crippen molar-refractivity contribution in [2.45, 2.75) is 37.7 Å². The molecule has 0 bridgehead atoms. The molecule has 1 aromatic rings. The first-order valence-corrected chi connectivity index (χ1v) is 8.59. The average molecular weight is 332 g/mol. The summed E-state index contributed by atoms with van der Waals surface area (Å²) >= 11 is 0. The molecule has 2 saturated heterocycles. The van der Waals surface area contributed by atoms with Gasteiger partial charge in [0, 0.05) is 25.9 Å². The summed E-state index contributed by atoms with van der Waals surface area (Å²) in [6, 6.07) is 9.62. The van der Waals surface area contributed by atoms with E-state index in [4.69, 9.17) is 9.47 Å². The zero-order chi connectivity index (χ0) is 16.8. The van der Waals surface area contributed by atoms with E-state index < -0.39 is 5.60 Å². The summed E-state index contributed by atoms with van der Waals surface area (Å²) in [7, 11) is 0. The number of nitrogens with zero attached hydrogens (tertiary/aromatic N) is 1. The van der Waals surface area contributed by atoms with Crippen LogP contribution in [0.15, 0.2) is 30.3 Å². The maximum Gasteiger partial charge on any atom is 0.407 e. The summed E-state index contributed by atoms with van der Waals surface area (Å²) in [5.41, 5.74) is -0.414. The molecule has 0 saturated carbocycles. The third-order valence-electron chi connectivity index (χ3n) is 4.66. The predicted octanol–water partition coefficient (Wildman–Crippen LogP) is 2.34. The lowest BCUT2D eigenvalue weighted by Crippen LogP contribution is -2.36. The van der Waals surface area contributed by atoms with Crippen molar-refractivity contribution in [2.24, 2.45) is 0 Å². The molecule has 3 rings (SSSR count). The maximum atomic E-state index is 12.4. The van der Waals surface area contributed by atoms with Crippen LogP contribution in [0.5, 0.6) is 5.75 Å². The first-order chi connectivity index (χ1) is 11.7. The van der Waals surface area contributed by atoms with Crippen LogP contribution in [0.2, 0.25) is 0 Å². The van der Waals surface area contributed by atoms with Crippen LogP contribution in [-0.4, -0.2) is 48.7 Å². The monoisotopic (exact) mass is 332 g/mol. The lowest BCUT2D eigenvalue weighted by molar-refractivity contribution is -0.131. The molecule has 2 aliphatic rings. The molecular formula is C18H24N2O4. The normalized spacial score (nSPS) is 23.5. The lowest BCUT2D eigenvalue weighted by atomic mass is 9.95. The SMILES string of the molecule is O=C1NC[C@@]2(CCCN(C(=O)CCCOc3ccccc3)CC2)O1. The molecule has 1 N–H and O–H groups in total. The highest BCUT2D eigenvalue weighted by Crippen LogP contribution is 2.29. The van der Waals surface area contributed by atoms with Crippen LogP contribution in [0.25, 0.3) is 0 Å². The van der Waals surface area contributed by atoms with Crippen molar-refractivity contribution in [3.8, 4) is 5.75 Å². The van der Waals surface area contributed by atoms with Gasteiger partial charge in [-0.1, -0.05) is 18.2 Å². The number of amides is 2. The number of nitrogens with one attached hydrogen (secondary N) is 1. The quantitative estimate of drug-likeness (QED) is 0.841. The van der Waals surface area contributed by atoms with Crippen LogP contribution >= 0.6 is 0 Å². The fraction of sp³-hybridized carbons (Fsp3) is 0.556. The minimum atomic E-state index is -0.414. The summed E-state index contributed by atoms with van der Waals surface area (Å²) in [4.78, 5) is 25.6. The molecule has 0 radical (unpaired) electrons. The van der Waals surface area contributed by atoms with Gasteiger partial charge in [0.2, 0.25) is 5.91 Å². The summed E-state index contributed by atoms with van der Waals surface area (Å²) in [6.45, 7) is 2.47. The van der Waals surface area contributed by atoms with Crippen molar-refractivity contribution >= 4 is 12.0 Å². The van der Waals surface area contributed by atoms with E-state index in [9.17, 15) is 9.59 Å². The van der Waals surface area contributed by atoms with Gasteiger partial charge in [0.1, 0.15) is 11.4 Å². The van der Waals surface area contributed by atoms with E-state index in [1.165, 1.54) is 0 Å². The second kappa shape index (κ2) is 7.55. The number of alkyl carbamates (subject to hydrolysis) is 1. The third kappa shape index (κ3) is 4.19. The summed E-state index contributed by atoms with van der Waals surface area (Å²) in [5.74, 6) is 0.984. The van der Waals surface area contributed by atoms with Crippen LogP contribution in [0.4, 0.5) is 4.79 Å². The molecular weight excluding hydrogens is 308 g/mol. The lowest BCUT2D eigenvalue weighted by Gasteiger charge is -2.25. The fourth-order valence-electron chi connectivity index (χ4n) is 3.29. The number of carbonyl (C=O) groups is 2. The van der Waals surface area contributed by atoms with E-state index in [2.05, 4.69) is 5.32 Å². The Kier molecular flexibility index (Phi) is 5.23. The Morgan fingerprint density at radius 1 is 1.25 bits per heavy atom. The largest absolute Gasteiger partial charge is 0.494 e. The molecule has 0 aliphatic carbocycles. The molecule has 130 valence electrons. The second-order valence-corrected chi connectivity index (χ2v) is 6.43. The Morgan fingerprint density at radius 2 is 2.08 bits per heavy atom. The highest BCUT2D eigenvalue weighted by Gasteiger charge is 2.41. The number of ether oxygens (including phenoxy) is 2. The van der Waals surface area contributed by atoms with Gasteiger partial charge in [0.25, 0.3) is 0 Å². The average Bonchev–Trinajstić information content (AvgIpc) is 2.83. The zero-order valence-electron chi connectivity index (χ0n) is 13.8. The van der Waals surface area contributed by atoms with E-state index in [-0.39, 0.29) is 12.0 Å². The summed E-state index contributed by atoms with van der Waals surface area (Å²) in [6.07, 6.45) is 3.23. The number of para-hydroxylation sites is 1. The van der Waals surface area contributed by atoms with Gasteiger partial charge in [0.15, 0.2) is 0 Å². The Morgan fingerprint density at radius 3 is 2.83 bits per heavy atom. The van der Waals surface area contributed by atoms with Gasteiger partial charge >= 0.3 is 6.09 Å². The minimum Gasteiger partial charge on any atom is -0.494 e. The molecule has 1 atom stereocenters. The molecule has 24 heavy (non-hydrogen) atoms. The van der Waals surface area contributed by atoms with Crippen LogP contribution < -0.4 is 10.1 Å². The maximum absolute atomic E-state index is 12.4. The van der Waals surface area contributed by atoms with Crippen LogP contribution in [0, 0.1) is 0 Å². The van der Waals surface area contributed by atoms with E-state index in [0.29, 0.717) is 39.0 Å². The molecule has 2 heterocycles. The number of hydrogen-bond acceptors (Lipinski definition) is 4. The van der Waals surface area contributed by atoms with Gasteiger partial charge in [-0.25, -0.2) is 4.79 Å². The van der Waals surface area contributed by atoms with Gasteiger partial charge < -0.3 is 19.7 Å². The van der Waals surface area contributed by atoms with Gasteiger partial charge in [-0.3, -0.25) is 4.79 Å². The van der Waals surface area contributed by atoms with Crippen molar-refractivity contribution in [2.75, 3.05) is 26.2 Å². The molecule has 6 nitrogen and oxygen atoms in total. The Labute approximate surface area is 142 Å². The minimum absolute atomic E-state index is 0.154. The number of hydrogen-bond donors (Lipinski definition) is 1. The number of likely N-dealkylation sites (tertiary alicyclic amines) is 1. The zero-order valence-corrected chi connectivity index (χ0v) is 13.8. The second-order valence-electron chi connectivity index (χ2n) is 6.43. The first-order valence-electron chi connectivity index (χ1n) is 8.59. The molecule has 2 fully saturated rings. The number of carbonyl (C=O) groups excluding carboxylic acids is 2. The van der Waals surface area contributed by atoms with Crippen molar-refractivity contribution in [3.05, 3.63) is 30.3 Å². The van der Waals surface area contributed by atoms with Crippen LogP contribution in [0.3, 0.4) is 0 Å². The standard InChI is InChI=1S/C18H24N2O4/c21-16(8-4-13-23-15-6-2-1-3-7-15)20-11-5-9-18(10-12-20)14-19-17(22)24-18/h1-3,6-7H,4-5,8-14H2,(H,19,22)/t18-/m0/s1. The smallest absolute Gasteiger partial charge is 0.407 e. The number of rotatable bonds is 5. The molecule has 2 amide bonds. The number of benzene rings is 1. The van der Waals surface area contributed by atoms with Crippen LogP contribution in [-0.2, 0) is 9.53 Å².